The third-order valence-electron chi connectivity index (χ3n) is 3.96. The van der Waals surface area contributed by atoms with E-state index in [1.165, 1.54) is 11.1 Å². The molecule has 4 nitrogen and oxygen atoms in total. The van der Waals surface area contributed by atoms with Crippen LogP contribution < -0.4 is 0 Å². The summed E-state index contributed by atoms with van der Waals surface area (Å²) >= 11 is 0. The first-order chi connectivity index (χ1) is 9.81. The van der Waals surface area contributed by atoms with Gasteiger partial charge in [-0.2, -0.15) is 0 Å². The molecule has 0 amide bonds. The van der Waals surface area contributed by atoms with Gasteiger partial charge in [-0.15, -0.1) is 0 Å². The van der Waals surface area contributed by atoms with E-state index in [9.17, 15) is 0 Å². The number of piperazine rings is 1. The highest BCUT2D eigenvalue weighted by Crippen LogP contribution is 2.13. The summed E-state index contributed by atoms with van der Waals surface area (Å²) in [6.45, 7) is 8.46. The fourth-order valence-electron chi connectivity index (χ4n) is 2.66. The third kappa shape index (κ3) is 3.26. The number of hydrogen-bond acceptors (Lipinski definition) is 4. The molecule has 0 spiro atoms. The zero-order valence-corrected chi connectivity index (χ0v) is 12.0. The van der Waals surface area contributed by atoms with Crippen molar-refractivity contribution in [3.8, 4) is 0 Å². The van der Waals surface area contributed by atoms with Gasteiger partial charge in [-0.05, 0) is 12.5 Å². The number of aromatic nitrogens is 1. The van der Waals surface area contributed by atoms with E-state index in [4.69, 9.17) is 4.52 Å². The molecule has 1 saturated heterocycles. The normalized spacial score (nSPS) is 17.4. The molecule has 2 heterocycles. The van der Waals surface area contributed by atoms with Crippen molar-refractivity contribution in [3.63, 3.8) is 0 Å². The van der Waals surface area contributed by atoms with Crippen molar-refractivity contribution < 1.29 is 4.52 Å². The summed E-state index contributed by atoms with van der Waals surface area (Å²) in [6.07, 6.45) is 1.84. The van der Waals surface area contributed by atoms with Crippen molar-refractivity contribution in [1.29, 1.82) is 0 Å². The Morgan fingerprint density at radius 2 is 1.65 bits per heavy atom. The van der Waals surface area contributed by atoms with Crippen molar-refractivity contribution in [1.82, 2.24) is 15.0 Å². The molecule has 3 rings (SSSR count). The van der Waals surface area contributed by atoms with Crippen LogP contribution in [0.1, 0.15) is 16.9 Å². The predicted molar refractivity (Wildman–Crippen MR) is 78.2 cm³/mol. The van der Waals surface area contributed by atoms with Crippen molar-refractivity contribution in [2.24, 2.45) is 0 Å². The average molecular weight is 271 g/mol. The molecule has 0 bridgehead atoms. The van der Waals surface area contributed by atoms with E-state index >= 15 is 0 Å². The summed E-state index contributed by atoms with van der Waals surface area (Å²) in [5.41, 5.74) is 2.61. The molecule has 2 aromatic rings. The van der Waals surface area contributed by atoms with Gasteiger partial charge in [-0.25, -0.2) is 0 Å². The molecule has 1 fully saturated rings. The SMILES string of the molecule is Cc1oncc1CN1CCN(Cc2ccccc2)CC1. The molecule has 0 aliphatic carbocycles. The fourth-order valence-corrected chi connectivity index (χ4v) is 2.66. The Morgan fingerprint density at radius 3 is 2.25 bits per heavy atom. The van der Waals surface area contributed by atoms with E-state index in [-0.39, 0.29) is 0 Å². The second-order valence-electron chi connectivity index (χ2n) is 5.45. The molecule has 0 atom stereocenters. The van der Waals surface area contributed by atoms with E-state index in [2.05, 4.69) is 45.3 Å². The van der Waals surface area contributed by atoms with Crippen molar-refractivity contribution in [2.45, 2.75) is 20.0 Å². The van der Waals surface area contributed by atoms with E-state index in [0.717, 1.165) is 45.0 Å². The van der Waals surface area contributed by atoms with Crippen LogP contribution in [0.3, 0.4) is 0 Å². The Balaban J connectivity index is 1.49. The Hall–Kier alpha value is -1.65. The van der Waals surface area contributed by atoms with Gasteiger partial charge in [0.05, 0.1) is 6.20 Å². The maximum atomic E-state index is 5.12. The largest absolute Gasteiger partial charge is 0.361 e. The van der Waals surface area contributed by atoms with E-state index in [1.54, 1.807) is 0 Å². The number of aryl methyl sites for hydroxylation is 1. The molecule has 106 valence electrons. The Kier molecular flexibility index (Phi) is 4.14. The van der Waals surface area contributed by atoms with Crippen molar-refractivity contribution in [2.75, 3.05) is 26.2 Å². The lowest BCUT2D eigenvalue weighted by Gasteiger charge is -2.34. The minimum Gasteiger partial charge on any atom is -0.361 e. The van der Waals surface area contributed by atoms with Gasteiger partial charge in [-0.1, -0.05) is 35.5 Å². The summed E-state index contributed by atoms with van der Waals surface area (Å²) < 4.78 is 5.12. The van der Waals surface area contributed by atoms with Crippen LogP contribution in [0.25, 0.3) is 0 Å². The summed E-state index contributed by atoms with van der Waals surface area (Å²) in [5, 5.41) is 3.85. The van der Waals surface area contributed by atoms with Crippen LogP contribution in [0.15, 0.2) is 41.1 Å². The Bertz CT molecular complexity index is 530. The van der Waals surface area contributed by atoms with Gasteiger partial charge < -0.3 is 4.52 Å². The minimum atomic E-state index is 0.941. The fraction of sp³-hybridized carbons (Fsp3) is 0.438. The quantitative estimate of drug-likeness (QED) is 0.854. The van der Waals surface area contributed by atoms with Crippen LogP contribution in [0.5, 0.6) is 0 Å². The molecule has 1 aliphatic heterocycles. The Morgan fingerprint density at radius 1 is 1.00 bits per heavy atom. The summed E-state index contributed by atoms with van der Waals surface area (Å²) in [4.78, 5) is 4.99. The smallest absolute Gasteiger partial charge is 0.138 e. The van der Waals surface area contributed by atoms with Gasteiger partial charge in [0.2, 0.25) is 0 Å². The highest BCUT2D eigenvalue weighted by Gasteiger charge is 2.18. The second-order valence-corrected chi connectivity index (χ2v) is 5.45. The van der Waals surface area contributed by atoms with Gasteiger partial charge >= 0.3 is 0 Å². The summed E-state index contributed by atoms with van der Waals surface area (Å²) in [5.74, 6) is 0.941. The van der Waals surface area contributed by atoms with E-state index in [1.807, 2.05) is 13.1 Å². The molecule has 0 radical (unpaired) electrons. The van der Waals surface area contributed by atoms with Gasteiger partial charge in [0, 0.05) is 44.8 Å². The molecule has 20 heavy (non-hydrogen) atoms. The molecule has 4 heteroatoms. The number of benzene rings is 1. The third-order valence-corrected chi connectivity index (χ3v) is 3.96. The first kappa shape index (κ1) is 13.3. The zero-order valence-electron chi connectivity index (χ0n) is 12.0. The van der Waals surface area contributed by atoms with Crippen LogP contribution in [-0.2, 0) is 13.1 Å². The maximum Gasteiger partial charge on any atom is 0.138 e. The van der Waals surface area contributed by atoms with Crippen LogP contribution in [0, 0.1) is 6.92 Å². The van der Waals surface area contributed by atoms with Crippen LogP contribution in [-0.4, -0.2) is 41.1 Å². The van der Waals surface area contributed by atoms with Crippen molar-refractivity contribution in [3.05, 3.63) is 53.4 Å². The topological polar surface area (TPSA) is 32.5 Å². The van der Waals surface area contributed by atoms with Gasteiger partial charge in [0.25, 0.3) is 0 Å². The van der Waals surface area contributed by atoms with E-state index < -0.39 is 0 Å². The summed E-state index contributed by atoms with van der Waals surface area (Å²) in [7, 11) is 0. The van der Waals surface area contributed by atoms with Gasteiger partial charge in [0.1, 0.15) is 5.76 Å². The zero-order chi connectivity index (χ0) is 13.8. The lowest BCUT2D eigenvalue weighted by molar-refractivity contribution is 0.121. The molecule has 1 aromatic carbocycles. The highest BCUT2D eigenvalue weighted by molar-refractivity contribution is 5.14. The van der Waals surface area contributed by atoms with Gasteiger partial charge in [-0.3, -0.25) is 9.80 Å². The molecular weight excluding hydrogens is 250 g/mol. The first-order valence-electron chi connectivity index (χ1n) is 7.20. The van der Waals surface area contributed by atoms with Crippen LogP contribution >= 0.6 is 0 Å². The van der Waals surface area contributed by atoms with Crippen molar-refractivity contribution >= 4 is 0 Å². The van der Waals surface area contributed by atoms with Crippen LogP contribution in [0.2, 0.25) is 0 Å². The number of hydrogen-bond donors (Lipinski definition) is 0. The number of rotatable bonds is 4. The second kappa shape index (κ2) is 6.20. The minimum absolute atomic E-state index is 0.941. The first-order valence-corrected chi connectivity index (χ1v) is 7.20. The van der Waals surface area contributed by atoms with Crippen LogP contribution in [0.4, 0.5) is 0 Å². The molecular formula is C16H21N3O. The lowest BCUT2D eigenvalue weighted by Crippen LogP contribution is -2.45. The van der Waals surface area contributed by atoms with Gasteiger partial charge in [0.15, 0.2) is 0 Å². The molecule has 0 N–H and O–H groups in total. The lowest BCUT2D eigenvalue weighted by atomic mass is 10.2. The predicted octanol–water partition coefficient (Wildman–Crippen LogP) is 2.30. The molecule has 1 aromatic heterocycles. The molecule has 1 aliphatic rings. The highest BCUT2D eigenvalue weighted by atomic mass is 16.5. The van der Waals surface area contributed by atoms with E-state index in [0.29, 0.717) is 0 Å². The molecule has 0 saturated carbocycles. The maximum absolute atomic E-state index is 5.12. The summed E-state index contributed by atoms with van der Waals surface area (Å²) in [6, 6.07) is 10.7. The average Bonchev–Trinajstić information content (AvgIpc) is 2.88. The standard InChI is InChI=1S/C16H21N3O/c1-14-16(11-17-20-14)13-19-9-7-18(8-10-19)12-15-5-3-2-4-6-15/h2-6,11H,7-10,12-13H2,1H3. The molecule has 0 unspecified atom stereocenters. The number of nitrogens with zero attached hydrogens (tertiary/aromatic N) is 3. The Labute approximate surface area is 120 Å². The monoisotopic (exact) mass is 271 g/mol.